The Morgan fingerprint density at radius 2 is 1.88 bits per heavy atom. The largest absolute Gasteiger partial charge is 0.382 e. The van der Waals surface area contributed by atoms with Gasteiger partial charge < -0.3 is 20.0 Å². The fourth-order valence-electron chi connectivity index (χ4n) is 1.91. The maximum atomic E-state index is 12.0. The summed E-state index contributed by atoms with van der Waals surface area (Å²) in [6.07, 6.45) is -0.800. The zero-order valence-corrected chi connectivity index (χ0v) is 14.5. The quantitative estimate of drug-likeness (QED) is 0.619. The number of benzene rings is 1. The molecule has 25 heavy (non-hydrogen) atoms. The van der Waals surface area contributed by atoms with Gasteiger partial charge in [-0.25, -0.2) is 0 Å². The first-order valence-electron chi connectivity index (χ1n) is 7.68. The number of oxime groups is 1. The summed E-state index contributed by atoms with van der Waals surface area (Å²) in [4.78, 5) is 28.2. The van der Waals surface area contributed by atoms with Gasteiger partial charge in [-0.3, -0.25) is 9.59 Å². The summed E-state index contributed by atoms with van der Waals surface area (Å²) in [6, 6.07) is 8.74. The molecule has 2 aromatic rings. The van der Waals surface area contributed by atoms with E-state index in [-0.39, 0.29) is 11.8 Å². The smallest absolute Gasteiger partial charge is 0.269 e. The van der Waals surface area contributed by atoms with Gasteiger partial charge in [0.1, 0.15) is 5.76 Å². The molecule has 0 aliphatic carbocycles. The highest BCUT2D eigenvalue weighted by atomic mass is 16.6. The molecule has 0 saturated carbocycles. The molecule has 8 heteroatoms. The normalized spacial score (nSPS) is 12.4. The van der Waals surface area contributed by atoms with Crippen LogP contribution < -0.4 is 10.6 Å². The third-order valence-corrected chi connectivity index (χ3v) is 3.22. The lowest BCUT2D eigenvalue weighted by molar-refractivity contribution is -0.126. The maximum Gasteiger partial charge on any atom is 0.269 e. The van der Waals surface area contributed by atoms with E-state index in [1.807, 2.05) is 0 Å². The number of aromatic nitrogens is 1. The highest BCUT2D eigenvalue weighted by molar-refractivity contribution is 5.99. The van der Waals surface area contributed by atoms with Gasteiger partial charge in [-0.15, -0.1) is 0 Å². The van der Waals surface area contributed by atoms with Crippen molar-refractivity contribution in [1.82, 2.24) is 5.16 Å². The number of anilines is 2. The summed E-state index contributed by atoms with van der Waals surface area (Å²) in [5.41, 5.74) is 2.11. The lowest BCUT2D eigenvalue weighted by atomic mass is 10.1. The van der Waals surface area contributed by atoms with E-state index < -0.39 is 6.10 Å². The molecule has 2 N–H and O–H groups in total. The average molecular weight is 344 g/mol. The third-order valence-electron chi connectivity index (χ3n) is 3.22. The van der Waals surface area contributed by atoms with Crippen LogP contribution in [0.5, 0.6) is 0 Å². The minimum Gasteiger partial charge on any atom is -0.382 e. The molecule has 0 aliphatic heterocycles. The number of nitrogens with zero attached hydrogens (tertiary/aromatic N) is 2. The van der Waals surface area contributed by atoms with Crippen LogP contribution in [0.25, 0.3) is 0 Å². The average Bonchev–Trinajstić information content (AvgIpc) is 2.97. The minimum atomic E-state index is -0.800. The Morgan fingerprint density at radius 3 is 2.44 bits per heavy atom. The zero-order valence-electron chi connectivity index (χ0n) is 14.5. The predicted octanol–water partition coefficient (Wildman–Crippen LogP) is 2.71. The first-order chi connectivity index (χ1) is 11.8. The van der Waals surface area contributed by atoms with Gasteiger partial charge in [0.15, 0.2) is 5.82 Å². The number of carbonyl (C=O) groups excluding carboxylic acids is 2. The summed E-state index contributed by atoms with van der Waals surface area (Å²) in [5.74, 6) is 0.405. The van der Waals surface area contributed by atoms with Crippen molar-refractivity contribution in [2.24, 2.45) is 5.16 Å². The van der Waals surface area contributed by atoms with E-state index in [1.54, 1.807) is 51.1 Å². The van der Waals surface area contributed by atoms with Gasteiger partial charge in [0.2, 0.25) is 12.0 Å². The Morgan fingerprint density at radius 1 is 1.20 bits per heavy atom. The van der Waals surface area contributed by atoms with Gasteiger partial charge in [0, 0.05) is 18.7 Å². The molecular formula is C17H20N4O4. The molecule has 132 valence electrons. The summed E-state index contributed by atoms with van der Waals surface area (Å²) in [5, 5.41) is 12.9. The van der Waals surface area contributed by atoms with Crippen molar-refractivity contribution in [1.29, 1.82) is 0 Å². The molecule has 0 spiro atoms. The van der Waals surface area contributed by atoms with Crippen LogP contribution >= 0.6 is 0 Å². The summed E-state index contributed by atoms with van der Waals surface area (Å²) in [6.45, 7) is 6.52. The lowest BCUT2D eigenvalue weighted by Gasteiger charge is -2.10. The van der Waals surface area contributed by atoms with Crippen LogP contribution in [0.15, 0.2) is 40.0 Å². The topological polar surface area (TPSA) is 106 Å². The molecule has 0 bridgehead atoms. The van der Waals surface area contributed by atoms with E-state index in [0.29, 0.717) is 23.0 Å². The number of amides is 2. The fourth-order valence-corrected chi connectivity index (χ4v) is 1.91. The Hall–Kier alpha value is -3.16. The number of hydrogen-bond acceptors (Lipinski definition) is 6. The highest BCUT2D eigenvalue weighted by Crippen LogP contribution is 2.11. The maximum absolute atomic E-state index is 12.0. The Balaban J connectivity index is 1.92. The number of aryl methyl sites for hydroxylation is 1. The van der Waals surface area contributed by atoms with Crippen LogP contribution in [-0.2, 0) is 14.4 Å². The second-order valence-corrected chi connectivity index (χ2v) is 5.49. The van der Waals surface area contributed by atoms with E-state index in [1.165, 1.54) is 6.92 Å². The van der Waals surface area contributed by atoms with Gasteiger partial charge in [0.05, 0.1) is 5.71 Å². The van der Waals surface area contributed by atoms with Crippen LogP contribution in [0.2, 0.25) is 0 Å². The van der Waals surface area contributed by atoms with Crippen molar-refractivity contribution < 1.29 is 18.9 Å². The number of nitrogens with one attached hydrogen (secondary N) is 2. The van der Waals surface area contributed by atoms with E-state index in [0.717, 1.165) is 5.56 Å². The molecule has 1 heterocycles. The van der Waals surface area contributed by atoms with Crippen LogP contribution in [0.4, 0.5) is 11.5 Å². The third kappa shape index (κ3) is 5.45. The fraction of sp³-hybridized carbons (Fsp3) is 0.294. The van der Waals surface area contributed by atoms with Crippen molar-refractivity contribution in [3.05, 3.63) is 41.7 Å². The SMILES string of the molecule is CC(=O)Nc1ccc(/C(C)=N\O[C@@H](C)C(=O)Nc2cc(C)on2)cc1. The molecule has 0 fully saturated rings. The molecule has 1 atom stereocenters. The molecule has 1 aromatic carbocycles. The molecule has 1 aromatic heterocycles. The molecule has 0 unspecified atom stereocenters. The van der Waals surface area contributed by atoms with Gasteiger partial charge in [0.25, 0.3) is 5.91 Å². The van der Waals surface area contributed by atoms with E-state index in [4.69, 9.17) is 9.36 Å². The van der Waals surface area contributed by atoms with Gasteiger partial charge in [-0.1, -0.05) is 22.4 Å². The van der Waals surface area contributed by atoms with E-state index in [9.17, 15) is 9.59 Å². The standard InChI is InChI=1S/C17H20N4O4/c1-10-9-16(21-24-10)19-17(23)12(3)25-20-11(2)14-5-7-15(8-6-14)18-13(4)22/h5-9,12H,1-4H3,(H,18,22)(H,19,21,23)/b20-11-/t12-/m0/s1. The second kappa shape index (κ2) is 8.09. The van der Waals surface area contributed by atoms with Crippen molar-refractivity contribution in [2.75, 3.05) is 10.6 Å². The van der Waals surface area contributed by atoms with E-state index in [2.05, 4.69) is 20.9 Å². The predicted molar refractivity (Wildman–Crippen MR) is 93.4 cm³/mol. The van der Waals surface area contributed by atoms with Gasteiger partial charge in [-0.2, -0.15) is 0 Å². The number of hydrogen-bond donors (Lipinski definition) is 2. The van der Waals surface area contributed by atoms with Gasteiger partial charge >= 0.3 is 0 Å². The first kappa shape index (κ1) is 18.2. The van der Waals surface area contributed by atoms with Crippen LogP contribution in [-0.4, -0.2) is 28.8 Å². The molecule has 2 rings (SSSR count). The van der Waals surface area contributed by atoms with Gasteiger partial charge in [-0.05, 0) is 38.5 Å². The van der Waals surface area contributed by atoms with Crippen molar-refractivity contribution in [3.63, 3.8) is 0 Å². The van der Waals surface area contributed by atoms with Crippen LogP contribution in [0, 0.1) is 6.92 Å². The molecule has 0 aliphatic rings. The van der Waals surface area contributed by atoms with Crippen molar-refractivity contribution in [2.45, 2.75) is 33.8 Å². The van der Waals surface area contributed by atoms with Crippen LogP contribution in [0.1, 0.15) is 32.1 Å². The first-order valence-corrected chi connectivity index (χ1v) is 7.68. The summed E-state index contributed by atoms with van der Waals surface area (Å²) < 4.78 is 4.88. The van der Waals surface area contributed by atoms with E-state index >= 15 is 0 Å². The minimum absolute atomic E-state index is 0.136. The molecule has 2 amide bonds. The molecule has 8 nitrogen and oxygen atoms in total. The van der Waals surface area contributed by atoms with Crippen molar-refractivity contribution >= 4 is 29.0 Å². The zero-order chi connectivity index (χ0) is 18.4. The second-order valence-electron chi connectivity index (χ2n) is 5.49. The lowest BCUT2D eigenvalue weighted by Crippen LogP contribution is -2.26. The number of carbonyl (C=O) groups is 2. The Labute approximate surface area is 145 Å². The molecule has 0 saturated heterocycles. The van der Waals surface area contributed by atoms with Crippen molar-refractivity contribution in [3.8, 4) is 0 Å². The Kier molecular flexibility index (Phi) is 5.89. The monoisotopic (exact) mass is 344 g/mol. The molecular weight excluding hydrogens is 324 g/mol. The number of rotatable bonds is 6. The summed E-state index contributed by atoms with van der Waals surface area (Å²) in [7, 11) is 0. The molecule has 0 radical (unpaired) electrons. The highest BCUT2D eigenvalue weighted by Gasteiger charge is 2.16. The Bertz CT molecular complexity index is 780. The van der Waals surface area contributed by atoms with Crippen LogP contribution in [0.3, 0.4) is 0 Å². The summed E-state index contributed by atoms with van der Waals surface area (Å²) >= 11 is 0.